The number of ether oxygens (including phenoxy) is 1. The van der Waals surface area contributed by atoms with Gasteiger partial charge in [0, 0.05) is 17.5 Å². The van der Waals surface area contributed by atoms with Gasteiger partial charge in [0.05, 0.1) is 5.92 Å². The quantitative estimate of drug-likeness (QED) is 0.436. The van der Waals surface area contributed by atoms with Crippen LogP contribution in [-0.4, -0.2) is 5.97 Å². The third-order valence-corrected chi connectivity index (χ3v) is 4.56. The fourth-order valence-corrected chi connectivity index (χ4v) is 3.02. The van der Waals surface area contributed by atoms with Gasteiger partial charge in [-0.1, -0.05) is 20.8 Å². The van der Waals surface area contributed by atoms with E-state index in [4.69, 9.17) is 4.74 Å². The minimum atomic E-state index is -1.89. The summed E-state index contributed by atoms with van der Waals surface area (Å²) in [5, 5.41) is 0. The Labute approximate surface area is 136 Å². The van der Waals surface area contributed by atoms with Crippen LogP contribution in [0.2, 0.25) is 0 Å². The largest absolute Gasteiger partial charge is 0.460 e. The third kappa shape index (κ3) is 3.30. The summed E-state index contributed by atoms with van der Waals surface area (Å²) in [5.41, 5.74) is -1.16. The van der Waals surface area contributed by atoms with Crippen molar-refractivity contribution in [3.8, 4) is 0 Å². The van der Waals surface area contributed by atoms with Crippen molar-refractivity contribution in [2.75, 3.05) is 0 Å². The number of esters is 1. The average Bonchev–Trinajstić information content (AvgIpc) is 3.00. The van der Waals surface area contributed by atoms with Crippen molar-refractivity contribution in [3.05, 3.63) is 46.8 Å². The van der Waals surface area contributed by atoms with Gasteiger partial charge in [0.2, 0.25) is 0 Å². The van der Waals surface area contributed by atoms with Crippen molar-refractivity contribution in [2.24, 2.45) is 17.3 Å². The third-order valence-electron chi connectivity index (χ3n) is 4.56. The van der Waals surface area contributed by atoms with Crippen LogP contribution < -0.4 is 0 Å². The molecule has 2 rings (SSSR count). The van der Waals surface area contributed by atoms with E-state index in [-0.39, 0.29) is 17.5 Å². The summed E-state index contributed by atoms with van der Waals surface area (Å²) in [4.78, 5) is 12.1. The molecule has 24 heavy (non-hydrogen) atoms. The van der Waals surface area contributed by atoms with E-state index in [9.17, 15) is 26.7 Å². The van der Waals surface area contributed by atoms with E-state index in [1.54, 1.807) is 20.8 Å². The summed E-state index contributed by atoms with van der Waals surface area (Å²) in [6, 6.07) is 0.439. The van der Waals surface area contributed by atoms with E-state index in [2.05, 4.69) is 0 Å². The van der Waals surface area contributed by atoms with Crippen LogP contribution in [0.15, 0.2) is 18.2 Å². The molecule has 1 aliphatic carbocycles. The van der Waals surface area contributed by atoms with Gasteiger partial charge in [0.15, 0.2) is 11.6 Å². The SMILES string of the molecule is CCc1c(F)cc(F)c(F)c1COC(=O)[C@@H]1[C@@H](C=C(F)F)C1(C)C. The topological polar surface area (TPSA) is 26.3 Å². The summed E-state index contributed by atoms with van der Waals surface area (Å²) < 4.78 is 70.6. The zero-order chi connectivity index (χ0) is 18.2. The molecule has 0 aromatic heterocycles. The van der Waals surface area contributed by atoms with E-state index in [0.717, 1.165) is 0 Å². The lowest BCUT2D eigenvalue weighted by molar-refractivity contribution is -0.147. The molecule has 1 saturated carbocycles. The Morgan fingerprint density at radius 3 is 2.38 bits per heavy atom. The van der Waals surface area contributed by atoms with Gasteiger partial charge in [-0.3, -0.25) is 4.79 Å². The molecule has 132 valence electrons. The van der Waals surface area contributed by atoms with Gasteiger partial charge >= 0.3 is 5.97 Å². The van der Waals surface area contributed by atoms with E-state index in [1.807, 2.05) is 0 Å². The fourth-order valence-electron chi connectivity index (χ4n) is 3.02. The Morgan fingerprint density at radius 2 is 1.83 bits per heavy atom. The predicted octanol–water partition coefficient (Wildman–Crippen LogP) is 4.76. The van der Waals surface area contributed by atoms with Crippen molar-refractivity contribution in [1.82, 2.24) is 0 Å². The second-order valence-corrected chi connectivity index (χ2v) is 6.35. The van der Waals surface area contributed by atoms with Crippen molar-refractivity contribution >= 4 is 5.97 Å². The Balaban J connectivity index is 2.15. The lowest BCUT2D eigenvalue weighted by Gasteiger charge is -2.12. The van der Waals surface area contributed by atoms with E-state index in [0.29, 0.717) is 12.1 Å². The van der Waals surface area contributed by atoms with Crippen LogP contribution in [-0.2, 0) is 22.6 Å². The number of carbonyl (C=O) groups is 1. The molecule has 1 fully saturated rings. The molecule has 0 bridgehead atoms. The number of rotatable bonds is 5. The van der Waals surface area contributed by atoms with E-state index < -0.39 is 53.4 Å². The maximum Gasteiger partial charge on any atom is 0.310 e. The van der Waals surface area contributed by atoms with Gasteiger partial charge in [-0.15, -0.1) is 0 Å². The summed E-state index contributed by atoms with van der Waals surface area (Å²) in [6.45, 7) is 4.16. The minimum absolute atomic E-state index is 0.0806. The second kappa shape index (κ2) is 6.53. The first kappa shape index (κ1) is 18.4. The predicted molar refractivity (Wildman–Crippen MR) is 76.6 cm³/mol. The molecular weight excluding hydrogens is 331 g/mol. The molecule has 2 atom stereocenters. The van der Waals surface area contributed by atoms with Crippen molar-refractivity contribution in [1.29, 1.82) is 0 Å². The van der Waals surface area contributed by atoms with Gasteiger partial charge in [0.1, 0.15) is 12.4 Å². The Bertz CT molecular complexity index is 693. The van der Waals surface area contributed by atoms with Gasteiger partial charge in [-0.25, -0.2) is 13.2 Å². The van der Waals surface area contributed by atoms with Crippen LogP contribution >= 0.6 is 0 Å². The normalized spacial score (nSPS) is 21.3. The second-order valence-electron chi connectivity index (χ2n) is 6.35. The van der Waals surface area contributed by atoms with Crippen molar-refractivity contribution < 1.29 is 31.5 Å². The first-order valence-corrected chi connectivity index (χ1v) is 7.45. The molecule has 1 aliphatic rings. The van der Waals surface area contributed by atoms with Gasteiger partial charge in [-0.05, 0) is 23.5 Å². The monoisotopic (exact) mass is 348 g/mol. The van der Waals surface area contributed by atoms with Gasteiger partial charge in [0.25, 0.3) is 6.08 Å². The molecule has 2 nitrogen and oxygen atoms in total. The molecule has 1 aromatic rings. The van der Waals surface area contributed by atoms with Crippen LogP contribution in [0.4, 0.5) is 22.0 Å². The molecule has 0 saturated heterocycles. The zero-order valence-corrected chi connectivity index (χ0v) is 13.4. The maximum atomic E-state index is 13.9. The highest BCUT2D eigenvalue weighted by Gasteiger charge is 2.62. The Hall–Kier alpha value is -1.92. The molecule has 0 N–H and O–H groups in total. The van der Waals surface area contributed by atoms with Crippen LogP contribution in [0.3, 0.4) is 0 Å². The van der Waals surface area contributed by atoms with Crippen molar-refractivity contribution in [3.63, 3.8) is 0 Å². The maximum absolute atomic E-state index is 13.9. The van der Waals surface area contributed by atoms with Crippen LogP contribution in [0.25, 0.3) is 0 Å². The number of allylic oxidation sites excluding steroid dienone is 1. The summed E-state index contributed by atoms with van der Waals surface area (Å²) in [5.74, 6) is -5.85. The molecule has 0 amide bonds. The average molecular weight is 348 g/mol. The summed E-state index contributed by atoms with van der Waals surface area (Å²) in [7, 11) is 0. The molecule has 0 unspecified atom stereocenters. The van der Waals surface area contributed by atoms with E-state index >= 15 is 0 Å². The first-order chi connectivity index (χ1) is 11.1. The van der Waals surface area contributed by atoms with Crippen LogP contribution in [0.1, 0.15) is 31.9 Å². The molecule has 7 heteroatoms. The molecule has 0 radical (unpaired) electrons. The summed E-state index contributed by atoms with van der Waals surface area (Å²) in [6.07, 6.45) is -1.12. The number of hydrogen-bond donors (Lipinski definition) is 0. The highest BCUT2D eigenvalue weighted by molar-refractivity contribution is 5.78. The summed E-state index contributed by atoms with van der Waals surface area (Å²) >= 11 is 0. The number of hydrogen-bond acceptors (Lipinski definition) is 2. The molecule has 0 heterocycles. The Kier molecular flexibility index (Phi) is 5.01. The van der Waals surface area contributed by atoms with Crippen LogP contribution in [0.5, 0.6) is 0 Å². The minimum Gasteiger partial charge on any atom is -0.460 e. The number of benzene rings is 1. The fraction of sp³-hybridized carbons (Fsp3) is 0.471. The highest BCUT2D eigenvalue weighted by Crippen LogP contribution is 2.60. The van der Waals surface area contributed by atoms with E-state index in [1.165, 1.54) is 0 Å². The lowest BCUT2D eigenvalue weighted by atomic mass is 10.0. The molecular formula is C17H17F5O2. The smallest absolute Gasteiger partial charge is 0.310 e. The standard InChI is InChI=1S/C17H17F5O2/c1-4-8-9(15(22)12(19)6-11(8)18)7-24-16(23)14-10(5-13(20)21)17(14,2)3/h5-6,10,14H,4,7H2,1-3H3/t10-,14+/m1/s1. The molecule has 0 spiro atoms. The zero-order valence-electron chi connectivity index (χ0n) is 13.4. The van der Waals surface area contributed by atoms with Gasteiger partial charge < -0.3 is 4.74 Å². The number of halogens is 5. The van der Waals surface area contributed by atoms with Gasteiger partial charge in [-0.2, -0.15) is 8.78 Å². The van der Waals surface area contributed by atoms with Crippen molar-refractivity contribution in [2.45, 2.75) is 33.8 Å². The molecule has 1 aromatic carbocycles. The highest BCUT2D eigenvalue weighted by atomic mass is 19.3. The first-order valence-electron chi connectivity index (χ1n) is 7.45. The van der Waals surface area contributed by atoms with Crippen LogP contribution in [0, 0.1) is 34.7 Å². The Morgan fingerprint density at radius 1 is 1.21 bits per heavy atom. The number of carbonyl (C=O) groups excluding carboxylic acids is 1. The molecule has 0 aliphatic heterocycles. The lowest BCUT2D eigenvalue weighted by Crippen LogP contribution is -2.13.